The first kappa shape index (κ1) is 14.6. The lowest BCUT2D eigenvalue weighted by molar-refractivity contribution is 0.0945. The van der Waals surface area contributed by atoms with Crippen molar-refractivity contribution in [3.63, 3.8) is 0 Å². The van der Waals surface area contributed by atoms with Crippen molar-refractivity contribution in [2.75, 3.05) is 6.61 Å². The monoisotopic (exact) mass is 380 g/mol. The van der Waals surface area contributed by atoms with Gasteiger partial charge in [0.25, 0.3) is 0 Å². The van der Waals surface area contributed by atoms with Crippen LogP contribution in [-0.4, -0.2) is 17.8 Å². The van der Waals surface area contributed by atoms with Gasteiger partial charge in [-0.1, -0.05) is 17.7 Å². The molecule has 1 aliphatic rings. The standard InChI is InChI=1S/C14H18ClIO2/c15-12-9-10(6-7-13(12)16)14(17)5-1-3-11-4-2-8-18-11/h6-7,9,11,14,17H,1-5,8H2. The van der Waals surface area contributed by atoms with Crippen molar-refractivity contribution in [3.8, 4) is 0 Å². The number of ether oxygens (including phenoxy) is 1. The van der Waals surface area contributed by atoms with Gasteiger partial charge in [0.05, 0.1) is 17.2 Å². The van der Waals surface area contributed by atoms with Gasteiger partial charge in [0, 0.05) is 10.2 Å². The van der Waals surface area contributed by atoms with Crippen molar-refractivity contribution >= 4 is 34.2 Å². The molecular formula is C14H18ClIO2. The zero-order valence-electron chi connectivity index (χ0n) is 10.2. The summed E-state index contributed by atoms with van der Waals surface area (Å²) in [6.45, 7) is 0.903. The Bertz CT molecular complexity index is 391. The van der Waals surface area contributed by atoms with E-state index in [1.165, 1.54) is 12.8 Å². The Morgan fingerprint density at radius 2 is 2.33 bits per heavy atom. The number of benzene rings is 1. The maximum Gasteiger partial charge on any atom is 0.0790 e. The smallest absolute Gasteiger partial charge is 0.0790 e. The Labute approximate surface area is 127 Å². The SMILES string of the molecule is OC(CCCC1CCCO1)c1ccc(I)c(Cl)c1. The topological polar surface area (TPSA) is 29.5 Å². The zero-order valence-corrected chi connectivity index (χ0v) is 13.2. The van der Waals surface area contributed by atoms with Crippen LogP contribution in [0.2, 0.25) is 5.02 Å². The fourth-order valence-corrected chi connectivity index (χ4v) is 2.82. The number of rotatable bonds is 5. The number of hydrogen-bond acceptors (Lipinski definition) is 2. The summed E-state index contributed by atoms with van der Waals surface area (Å²) in [5.41, 5.74) is 0.910. The van der Waals surface area contributed by atoms with Crippen LogP contribution in [0.4, 0.5) is 0 Å². The van der Waals surface area contributed by atoms with Crippen LogP contribution in [0.3, 0.4) is 0 Å². The molecular weight excluding hydrogens is 363 g/mol. The van der Waals surface area contributed by atoms with Crippen LogP contribution < -0.4 is 0 Å². The molecule has 0 spiro atoms. The molecule has 0 bridgehead atoms. The third-order valence-corrected chi connectivity index (χ3v) is 4.93. The molecule has 2 atom stereocenters. The molecule has 2 nitrogen and oxygen atoms in total. The molecule has 1 heterocycles. The van der Waals surface area contributed by atoms with E-state index >= 15 is 0 Å². The number of halogens is 2. The third-order valence-electron chi connectivity index (χ3n) is 3.36. The summed E-state index contributed by atoms with van der Waals surface area (Å²) in [7, 11) is 0. The van der Waals surface area contributed by atoms with E-state index < -0.39 is 6.10 Å². The molecule has 1 aliphatic heterocycles. The van der Waals surface area contributed by atoms with E-state index in [2.05, 4.69) is 22.6 Å². The van der Waals surface area contributed by atoms with Crippen molar-refractivity contribution in [3.05, 3.63) is 32.4 Å². The van der Waals surface area contributed by atoms with E-state index in [-0.39, 0.29) is 0 Å². The fourth-order valence-electron chi connectivity index (χ4n) is 2.30. The van der Waals surface area contributed by atoms with E-state index in [0.717, 1.165) is 35.0 Å². The molecule has 1 fully saturated rings. The van der Waals surface area contributed by atoms with Crippen molar-refractivity contribution in [2.45, 2.75) is 44.3 Å². The van der Waals surface area contributed by atoms with Crippen molar-refractivity contribution in [1.82, 2.24) is 0 Å². The lowest BCUT2D eigenvalue weighted by Crippen LogP contribution is -2.06. The summed E-state index contributed by atoms with van der Waals surface area (Å²) in [6.07, 6.45) is 5.17. The van der Waals surface area contributed by atoms with Crippen LogP contribution in [0, 0.1) is 3.57 Å². The van der Waals surface area contributed by atoms with Crippen LogP contribution in [0.15, 0.2) is 18.2 Å². The molecule has 2 rings (SSSR count). The highest BCUT2D eigenvalue weighted by molar-refractivity contribution is 14.1. The summed E-state index contributed by atoms with van der Waals surface area (Å²) in [6, 6.07) is 5.76. The van der Waals surface area contributed by atoms with Gasteiger partial charge in [0.2, 0.25) is 0 Å². The average molecular weight is 381 g/mol. The van der Waals surface area contributed by atoms with Crippen molar-refractivity contribution in [2.24, 2.45) is 0 Å². The molecule has 1 aromatic carbocycles. The third kappa shape index (κ3) is 4.08. The van der Waals surface area contributed by atoms with Crippen molar-refractivity contribution in [1.29, 1.82) is 0 Å². The van der Waals surface area contributed by atoms with Gasteiger partial charge in [0.15, 0.2) is 0 Å². The molecule has 0 amide bonds. The average Bonchev–Trinajstić information content (AvgIpc) is 2.85. The fraction of sp³-hybridized carbons (Fsp3) is 0.571. The van der Waals surface area contributed by atoms with Gasteiger partial charge in [-0.05, 0) is 72.4 Å². The Morgan fingerprint density at radius 3 is 3.00 bits per heavy atom. The first-order chi connectivity index (χ1) is 8.66. The van der Waals surface area contributed by atoms with E-state index in [0.29, 0.717) is 11.1 Å². The minimum atomic E-state index is -0.416. The lowest BCUT2D eigenvalue weighted by atomic mass is 10.0. The van der Waals surface area contributed by atoms with Gasteiger partial charge in [-0.15, -0.1) is 0 Å². The quantitative estimate of drug-likeness (QED) is 0.771. The molecule has 0 radical (unpaired) electrons. The molecule has 18 heavy (non-hydrogen) atoms. The normalized spacial score (nSPS) is 21.2. The summed E-state index contributed by atoms with van der Waals surface area (Å²) in [5, 5.41) is 10.8. The summed E-state index contributed by atoms with van der Waals surface area (Å²) in [5.74, 6) is 0. The highest BCUT2D eigenvalue weighted by atomic mass is 127. The van der Waals surface area contributed by atoms with Crippen LogP contribution in [0.5, 0.6) is 0 Å². The van der Waals surface area contributed by atoms with Crippen LogP contribution >= 0.6 is 34.2 Å². The van der Waals surface area contributed by atoms with Gasteiger partial charge in [0.1, 0.15) is 0 Å². The minimum Gasteiger partial charge on any atom is -0.388 e. The molecule has 0 saturated carbocycles. The second kappa shape index (κ2) is 7.08. The first-order valence-corrected chi connectivity index (χ1v) is 7.87. The number of hydrogen-bond donors (Lipinski definition) is 1. The van der Waals surface area contributed by atoms with Gasteiger partial charge < -0.3 is 9.84 Å². The van der Waals surface area contributed by atoms with Gasteiger partial charge in [-0.3, -0.25) is 0 Å². The lowest BCUT2D eigenvalue weighted by Gasteiger charge is -2.13. The molecule has 1 aromatic rings. The second-order valence-electron chi connectivity index (χ2n) is 4.76. The van der Waals surface area contributed by atoms with E-state index in [9.17, 15) is 5.11 Å². The molecule has 2 unspecified atom stereocenters. The van der Waals surface area contributed by atoms with Crippen LogP contribution in [-0.2, 0) is 4.74 Å². The van der Waals surface area contributed by atoms with E-state index in [4.69, 9.17) is 16.3 Å². The second-order valence-corrected chi connectivity index (χ2v) is 6.32. The van der Waals surface area contributed by atoms with Crippen molar-refractivity contribution < 1.29 is 9.84 Å². The van der Waals surface area contributed by atoms with Gasteiger partial charge >= 0.3 is 0 Å². The summed E-state index contributed by atoms with van der Waals surface area (Å²) < 4.78 is 6.59. The predicted octanol–water partition coefficient (Wildman–Crippen LogP) is 4.33. The largest absolute Gasteiger partial charge is 0.388 e. The molecule has 100 valence electrons. The maximum atomic E-state index is 10.1. The van der Waals surface area contributed by atoms with Crippen LogP contribution in [0.1, 0.15) is 43.8 Å². The highest BCUT2D eigenvalue weighted by Gasteiger charge is 2.16. The Balaban J connectivity index is 1.79. The Hall–Kier alpha value is 0.160. The molecule has 1 N–H and O–H groups in total. The molecule has 1 saturated heterocycles. The van der Waals surface area contributed by atoms with Crippen LogP contribution in [0.25, 0.3) is 0 Å². The Kier molecular flexibility index (Phi) is 5.73. The minimum absolute atomic E-state index is 0.414. The van der Waals surface area contributed by atoms with Gasteiger partial charge in [-0.2, -0.15) is 0 Å². The number of aliphatic hydroxyl groups is 1. The maximum absolute atomic E-state index is 10.1. The number of aliphatic hydroxyl groups excluding tert-OH is 1. The first-order valence-electron chi connectivity index (χ1n) is 6.41. The zero-order chi connectivity index (χ0) is 13.0. The van der Waals surface area contributed by atoms with Gasteiger partial charge in [-0.25, -0.2) is 0 Å². The summed E-state index contributed by atoms with van der Waals surface area (Å²) >= 11 is 8.25. The van der Waals surface area contributed by atoms with E-state index in [1.807, 2.05) is 18.2 Å². The molecule has 4 heteroatoms. The highest BCUT2D eigenvalue weighted by Crippen LogP contribution is 2.27. The Morgan fingerprint density at radius 1 is 1.50 bits per heavy atom. The predicted molar refractivity (Wildman–Crippen MR) is 82.0 cm³/mol. The molecule has 0 aromatic heterocycles. The summed E-state index contributed by atoms with van der Waals surface area (Å²) in [4.78, 5) is 0. The van der Waals surface area contributed by atoms with E-state index in [1.54, 1.807) is 0 Å². The molecule has 0 aliphatic carbocycles.